The van der Waals surface area contributed by atoms with Crippen molar-refractivity contribution in [1.82, 2.24) is 0 Å². The molecule has 2 aliphatic rings. The average molecular weight is 434 g/mol. The maximum Gasteiger partial charge on any atom is 0.337 e. The highest BCUT2D eigenvalue weighted by atomic mass is 16.6. The van der Waals surface area contributed by atoms with Crippen molar-refractivity contribution in [3.63, 3.8) is 0 Å². The summed E-state index contributed by atoms with van der Waals surface area (Å²) in [6.45, 7) is 2.21. The third-order valence-corrected chi connectivity index (χ3v) is 6.40. The first-order valence-electron chi connectivity index (χ1n) is 11.3. The second-order valence-corrected chi connectivity index (χ2v) is 8.36. The molecule has 0 radical (unpaired) electrons. The van der Waals surface area contributed by atoms with E-state index in [1.165, 1.54) is 25.3 Å². The molecule has 4 rings (SSSR count). The van der Waals surface area contributed by atoms with Crippen LogP contribution in [0.15, 0.2) is 65.7 Å². The minimum atomic E-state index is -0.842. The molecule has 32 heavy (non-hydrogen) atoms. The van der Waals surface area contributed by atoms with Crippen LogP contribution in [0.1, 0.15) is 54.9 Å². The molecule has 0 spiro atoms. The minimum Gasteiger partial charge on any atom is -0.470 e. The van der Waals surface area contributed by atoms with Gasteiger partial charge in [-0.05, 0) is 29.0 Å². The van der Waals surface area contributed by atoms with E-state index in [4.69, 9.17) is 19.2 Å². The molecule has 0 saturated carbocycles. The summed E-state index contributed by atoms with van der Waals surface area (Å²) in [6, 6.07) is 17.8. The Morgan fingerprint density at radius 2 is 1.84 bits per heavy atom. The molecule has 2 aromatic rings. The van der Waals surface area contributed by atoms with Gasteiger partial charge in [0.05, 0.1) is 13.0 Å². The maximum absolute atomic E-state index is 12.5. The second kappa shape index (κ2) is 10.1. The number of methoxy groups -OCH3 is 2. The molecular formula is C27H31NO4. The molecule has 1 heterocycles. The van der Waals surface area contributed by atoms with Crippen LogP contribution in [0.4, 0.5) is 0 Å². The molecule has 2 unspecified atom stereocenters. The van der Waals surface area contributed by atoms with Gasteiger partial charge < -0.3 is 14.2 Å². The molecular weight excluding hydrogens is 402 g/mol. The number of ether oxygens (including phenoxy) is 3. The van der Waals surface area contributed by atoms with Crippen LogP contribution in [0.3, 0.4) is 0 Å². The molecule has 5 nitrogen and oxygen atoms in total. The smallest absolute Gasteiger partial charge is 0.337 e. The van der Waals surface area contributed by atoms with Gasteiger partial charge in [-0.2, -0.15) is 0 Å². The summed E-state index contributed by atoms with van der Waals surface area (Å²) in [7, 11) is 2.88. The summed E-state index contributed by atoms with van der Waals surface area (Å²) in [6.07, 6.45) is 6.56. The first-order chi connectivity index (χ1) is 15.7. The molecule has 0 saturated heterocycles. The van der Waals surface area contributed by atoms with E-state index in [0.29, 0.717) is 5.90 Å². The van der Waals surface area contributed by atoms with Gasteiger partial charge in [-0.15, -0.1) is 0 Å². The first-order valence-corrected chi connectivity index (χ1v) is 11.3. The van der Waals surface area contributed by atoms with Gasteiger partial charge in [0.1, 0.15) is 6.04 Å². The van der Waals surface area contributed by atoms with Crippen molar-refractivity contribution in [2.24, 2.45) is 10.9 Å². The molecule has 0 amide bonds. The van der Waals surface area contributed by atoms with Crippen LogP contribution < -0.4 is 0 Å². The quantitative estimate of drug-likeness (QED) is 0.528. The number of aliphatic imine (C=N–C) groups is 1. The number of esters is 1. The predicted molar refractivity (Wildman–Crippen MR) is 126 cm³/mol. The van der Waals surface area contributed by atoms with Crippen molar-refractivity contribution in [3.05, 3.63) is 77.4 Å². The van der Waals surface area contributed by atoms with E-state index in [1.807, 2.05) is 30.3 Å². The molecule has 5 atom stereocenters. The van der Waals surface area contributed by atoms with Crippen LogP contribution in [0.25, 0.3) is 6.08 Å². The summed E-state index contributed by atoms with van der Waals surface area (Å²) < 4.78 is 17.1. The van der Waals surface area contributed by atoms with Crippen LogP contribution in [0.5, 0.6) is 0 Å². The number of carbonyl (C=O) groups excluding carboxylic acids is 1. The fourth-order valence-electron chi connectivity index (χ4n) is 4.76. The van der Waals surface area contributed by atoms with Crippen LogP contribution in [0.2, 0.25) is 0 Å². The van der Waals surface area contributed by atoms with E-state index in [2.05, 4.69) is 43.3 Å². The number of allylic oxidation sites excluding steroid dienone is 1. The Bertz CT molecular complexity index is 984. The van der Waals surface area contributed by atoms with Crippen molar-refractivity contribution in [1.29, 1.82) is 0 Å². The van der Waals surface area contributed by atoms with E-state index in [0.717, 1.165) is 24.8 Å². The number of carbonyl (C=O) groups is 1. The highest BCUT2D eigenvalue weighted by molar-refractivity contribution is 5.89. The highest BCUT2D eigenvalue weighted by Crippen LogP contribution is 2.43. The van der Waals surface area contributed by atoms with Crippen LogP contribution >= 0.6 is 0 Å². The summed E-state index contributed by atoms with van der Waals surface area (Å²) in [5, 5.41) is 0. The van der Waals surface area contributed by atoms with Crippen molar-refractivity contribution in [2.45, 2.75) is 50.4 Å². The number of fused-ring (bicyclic) bond motifs is 1. The lowest BCUT2D eigenvalue weighted by Crippen LogP contribution is -2.38. The summed E-state index contributed by atoms with van der Waals surface area (Å²) in [5.41, 5.74) is 3.37. The van der Waals surface area contributed by atoms with Crippen LogP contribution in [-0.2, 0) is 19.0 Å². The van der Waals surface area contributed by atoms with Crippen molar-refractivity contribution in [3.8, 4) is 0 Å². The molecule has 1 aliphatic heterocycles. The van der Waals surface area contributed by atoms with Gasteiger partial charge in [-0.3, -0.25) is 0 Å². The van der Waals surface area contributed by atoms with Gasteiger partial charge in [-0.25, -0.2) is 9.79 Å². The average Bonchev–Trinajstić information content (AvgIpc) is 3.27. The monoisotopic (exact) mass is 433 g/mol. The van der Waals surface area contributed by atoms with E-state index in [1.54, 1.807) is 0 Å². The standard InChI is InChI=1S/C27H31NO4/c1-4-5-11-19-17-16-18-12-9-10-15-21(18)22(19)26-28-23(25(30-2)27(29)31-3)24(32-26)20-13-7-6-8-14-20/h6-10,12-17,19,22-25H,4-5,11H2,1-3H3/t19-,22?,23+,24-,25?/m0/s1. The van der Waals surface area contributed by atoms with E-state index in [-0.39, 0.29) is 11.8 Å². The lowest BCUT2D eigenvalue weighted by atomic mass is 9.77. The molecule has 0 N–H and O–H groups in total. The van der Waals surface area contributed by atoms with Gasteiger partial charge >= 0.3 is 5.97 Å². The fraction of sp³-hybridized carbons (Fsp3) is 0.407. The zero-order valence-corrected chi connectivity index (χ0v) is 18.9. The normalized spacial score (nSPS) is 24.9. The van der Waals surface area contributed by atoms with Crippen molar-refractivity contribution < 1.29 is 19.0 Å². The summed E-state index contributed by atoms with van der Waals surface area (Å²) in [4.78, 5) is 17.5. The van der Waals surface area contributed by atoms with E-state index < -0.39 is 24.2 Å². The lowest BCUT2D eigenvalue weighted by Gasteiger charge is -2.30. The SMILES string of the molecule is CCCC[C@H]1C=Cc2ccccc2C1C1=N[C@@H](C(OC)C(=O)OC)[C@H](c2ccccc2)O1. The molecule has 0 aromatic heterocycles. The fourth-order valence-corrected chi connectivity index (χ4v) is 4.76. The predicted octanol–water partition coefficient (Wildman–Crippen LogP) is 5.33. The van der Waals surface area contributed by atoms with E-state index in [9.17, 15) is 4.79 Å². The third-order valence-electron chi connectivity index (χ3n) is 6.40. The van der Waals surface area contributed by atoms with Crippen LogP contribution in [-0.4, -0.2) is 38.2 Å². The Morgan fingerprint density at radius 1 is 1.09 bits per heavy atom. The van der Waals surface area contributed by atoms with Crippen LogP contribution in [0, 0.1) is 5.92 Å². The molecule has 1 aliphatic carbocycles. The Balaban J connectivity index is 1.75. The second-order valence-electron chi connectivity index (χ2n) is 8.36. The zero-order valence-electron chi connectivity index (χ0n) is 18.9. The Morgan fingerprint density at radius 3 is 2.56 bits per heavy atom. The topological polar surface area (TPSA) is 57.1 Å². The first kappa shape index (κ1) is 22.3. The lowest BCUT2D eigenvalue weighted by molar-refractivity contribution is -0.154. The van der Waals surface area contributed by atoms with Gasteiger partial charge in [0, 0.05) is 7.11 Å². The molecule has 168 valence electrons. The number of benzene rings is 2. The maximum atomic E-state index is 12.5. The largest absolute Gasteiger partial charge is 0.470 e. The number of hydrogen-bond acceptors (Lipinski definition) is 5. The summed E-state index contributed by atoms with van der Waals surface area (Å²) >= 11 is 0. The van der Waals surface area contributed by atoms with Gasteiger partial charge in [-0.1, -0.05) is 86.5 Å². The van der Waals surface area contributed by atoms with Gasteiger partial charge in [0.15, 0.2) is 18.1 Å². The number of hydrogen-bond donors (Lipinski definition) is 0. The Kier molecular flexibility index (Phi) is 7.05. The Hall–Kier alpha value is -2.92. The Labute approximate surface area is 190 Å². The number of rotatable bonds is 8. The highest BCUT2D eigenvalue weighted by Gasteiger charge is 2.45. The number of nitrogens with zero attached hydrogens (tertiary/aromatic N) is 1. The summed E-state index contributed by atoms with van der Waals surface area (Å²) in [5.74, 6) is 0.526. The minimum absolute atomic E-state index is 0.00844. The number of unbranched alkanes of at least 4 members (excludes halogenated alkanes) is 1. The molecule has 5 heteroatoms. The molecule has 0 fully saturated rings. The van der Waals surface area contributed by atoms with E-state index >= 15 is 0 Å². The van der Waals surface area contributed by atoms with Crippen molar-refractivity contribution in [2.75, 3.05) is 14.2 Å². The van der Waals surface area contributed by atoms with Crippen molar-refractivity contribution >= 4 is 17.9 Å². The zero-order chi connectivity index (χ0) is 22.5. The molecule has 0 bridgehead atoms. The third kappa shape index (κ3) is 4.35. The van der Waals surface area contributed by atoms with Gasteiger partial charge in [0.2, 0.25) is 0 Å². The van der Waals surface area contributed by atoms with Gasteiger partial charge in [0.25, 0.3) is 0 Å². The molecule has 2 aromatic carbocycles.